The maximum absolute atomic E-state index is 5.38. The average molecular weight is 283 g/mol. The van der Waals surface area contributed by atoms with Gasteiger partial charge in [-0.1, -0.05) is 0 Å². The Bertz CT molecular complexity index is 86.5. The van der Waals surface area contributed by atoms with E-state index in [1.807, 2.05) is 0 Å². The largest absolute Gasteiger partial charge is 0.705 e. The molecule has 0 rings (SSSR count). The normalized spacial score (nSPS) is 9.23. The first-order valence-corrected chi connectivity index (χ1v) is 4.65. The van der Waals surface area contributed by atoms with Crippen molar-refractivity contribution in [2.24, 2.45) is 0 Å². The van der Waals surface area contributed by atoms with Gasteiger partial charge >= 0.3 is 0 Å². The smallest absolute Gasteiger partial charge is 0.0518 e. The molecule has 0 heterocycles. The Morgan fingerprint density at radius 1 is 1.23 bits per heavy atom. The van der Waals surface area contributed by atoms with Gasteiger partial charge in [-0.05, 0) is 39.7 Å². The van der Waals surface area contributed by atoms with Crippen molar-refractivity contribution < 1.29 is 42.9 Å². The summed E-state index contributed by atoms with van der Waals surface area (Å²) in [6.07, 6.45) is 3.88. The third-order valence-corrected chi connectivity index (χ3v) is 1.58. The van der Waals surface area contributed by atoms with E-state index in [9.17, 15) is 0 Å². The van der Waals surface area contributed by atoms with Gasteiger partial charge in [-0.25, -0.2) is 0 Å². The summed E-state index contributed by atoms with van der Waals surface area (Å²) in [5, 5.41) is 0. The minimum atomic E-state index is 0. The predicted molar refractivity (Wildman–Crippen MR) is 53.9 cm³/mol. The zero-order chi connectivity index (χ0) is 8.53. The van der Waals surface area contributed by atoms with E-state index >= 15 is 0 Å². The Morgan fingerprint density at radius 2 is 1.85 bits per heavy atom. The Kier molecular flexibility index (Phi) is 24.1. The average Bonchev–Trinajstić information content (AvgIpc) is 1.96. The molecule has 5 heteroatoms. The van der Waals surface area contributed by atoms with Crippen LogP contribution < -0.4 is 4.72 Å². The molecule has 0 fully saturated rings. The minimum Gasteiger partial charge on any atom is -0.705 e. The Labute approximate surface area is 112 Å². The standard InChI is InChI=1S/C8H18NOS.H2O.Y/c1-8(2)10-7-5-3-4-6-9-11;;/h8-9H,3-7H2,1-2H3;1H2;/q-1;;. The molecule has 3 N–H and O–H groups in total. The fourth-order valence-corrected chi connectivity index (χ4v) is 0.939. The second-order valence-corrected chi connectivity index (χ2v) is 3.16. The maximum Gasteiger partial charge on any atom is 0.0518 e. The number of nitrogens with one attached hydrogen (secondary N) is 1. The summed E-state index contributed by atoms with van der Waals surface area (Å²) in [6, 6.07) is 0. The zero-order valence-electron chi connectivity index (χ0n) is 8.51. The van der Waals surface area contributed by atoms with Crippen molar-refractivity contribution in [3.05, 3.63) is 0 Å². The van der Waals surface area contributed by atoms with Crippen molar-refractivity contribution in [1.29, 1.82) is 0 Å². The first-order valence-electron chi connectivity index (χ1n) is 4.24. The molecule has 0 aromatic rings. The van der Waals surface area contributed by atoms with Crippen molar-refractivity contribution in [3.8, 4) is 0 Å². The van der Waals surface area contributed by atoms with Crippen LogP contribution in [-0.4, -0.2) is 24.7 Å². The minimum absolute atomic E-state index is 0. The van der Waals surface area contributed by atoms with Gasteiger partial charge in [-0.15, -0.1) is 0 Å². The van der Waals surface area contributed by atoms with Crippen LogP contribution in [0.4, 0.5) is 0 Å². The fraction of sp³-hybridized carbons (Fsp3) is 1.00. The molecular formula is C8H20NO2SY-. The molecule has 0 aliphatic carbocycles. The van der Waals surface area contributed by atoms with Crippen LogP contribution in [0, 0.1) is 0 Å². The molecule has 13 heavy (non-hydrogen) atoms. The number of hydrogen-bond acceptors (Lipinski definition) is 3. The van der Waals surface area contributed by atoms with Crippen LogP contribution in [0.25, 0.3) is 0 Å². The summed E-state index contributed by atoms with van der Waals surface area (Å²) < 4.78 is 8.09. The molecular weight excluding hydrogens is 263 g/mol. The van der Waals surface area contributed by atoms with Crippen molar-refractivity contribution >= 4 is 12.8 Å². The second-order valence-electron chi connectivity index (χ2n) is 2.87. The van der Waals surface area contributed by atoms with E-state index < -0.39 is 0 Å². The molecule has 0 amide bonds. The summed E-state index contributed by atoms with van der Waals surface area (Å²) in [4.78, 5) is 0. The molecule has 0 saturated carbocycles. The first kappa shape index (κ1) is 19.8. The van der Waals surface area contributed by atoms with E-state index in [1.54, 1.807) is 0 Å². The van der Waals surface area contributed by atoms with Gasteiger partial charge in [0.05, 0.1) is 6.10 Å². The topological polar surface area (TPSA) is 52.8 Å². The van der Waals surface area contributed by atoms with Crippen LogP contribution >= 0.6 is 0 Å². The van der Waals surface area contributed by atoms with Crippen molar-refractivity contribution in [1.82, 2.24) is 4.72 Å². The van der Waals surface area contributed by atoms with Crippen LogP contribution in [0.1, 0.15) is 33.1 Å². The molecule has 0 aromatic heterocycles. The molecule has 3 nitrogen and oxygen atoms in total. The van der Waals surface area contributed by atoms with Gasteiger partial charge in [0.15, 0.2) is 0 Å². The number of unbranched alkanes of at least 4 members (excludes halogenated alkanes) is 2. The van der Waals surface area contributed by atoms with Gasteiger partial charge in [-0.3, -0.25) is 0 Å². The van der Waals surface area contributed by atoms with Crippen molar-refractivity contribution in [2.45, 2.75) is 39.2 Å². The van der Waals surface area contributed by atoms with Crippen molar-refractivity contribution in [3.63, 3.8) is 0 Å². The second kappa shape index (κ2) is 15.8. The first-order chi connectivity index (χ1) is 5.27. The molecule has 0 aliphatic rings. The van der Waals surface area contributed by atoms with Gasteiger partial charge in [-0.2, -0.15) is 0 Å². The maximum atomic E-state index is 5.38. The third kappa shape index (κ3) is 19.7. The van der Waals surface area contributed by atoms with E-state index in [2.05, 4.69) is 31.4 Å². The van der Waals surface area contributed by atoms with Gasteiger partial charge < -0.3 is 27.7 Å². The third-order valence-electron chi connectivity index (χ3n) is 1.37. The van der Waals surface area contributed by atoms with Gasteiger partial charge in [0, 0.05) is 39.3 Å². The molecule has 0 aromatic carbocycles. The monoisotopic (exact) mass is 283 g/mol. The van der Waals surface area contributed by atoms with Crippen LogP contribution in [-0.2, 0) is 50.3 Å². The molecule has 0 spiro atoms. The van der Waals surface area contributed by atoms with E-state index in [1.165, 1.54) is 6.42 Å². The van der Waals surface area contributed by atoms with Gasteiger partial charge in [0.1, 0.15) is 0 Å². The molecule has 0 saturated heterocycles. The van der Waals surface area contributed by atoms with Crippen LogP contribution in [0.2, 0.25) is 0 Å². The van der Waals surface area contributed by atoms with E-state index in [4.69, 9.17) is 4.74 Å². The number of ether oxygens (including phenoxy) is 1. The molecule has 0 aliphatic heterocycles. The quantitative estimate of drug-likeness (QED) is 0.555. The SMILES string of the molecule is CC(C)OCCCCCN[S-].O.[Y]. The molecule has 0 bridgehead atoms. The summed E-state index contributed by atoms with van der Waals surface area (Å²) in [5.41, 5.74) is 0. The number of hydrogen-bond donors (Lipinski definition) is 1. The Balaban J connectivity index is -0.000000500. The van der Waals surface area contributed by atoms with Crippen molar-refractivity contribution in [2.75, 3.05) is 13.2 Å². The zero-order valence-corrected chi connectivity index (χ0v) is 12.2. The summed E-state index contributed by atoms with van der Waals surface area (Å²) in [6.45, 7) is 5.95. The van der Waals surface area contributed by atoms with Crippen LogP contribution in [0.5, 0.6) is 0 Å². The molecule has 1 radical (unpaired) electrons. The summed E-state index contributed by atoms with van der Waals surface area (Å²) in [5.74, 6) is 0. The van der Waals surface area contributed by atoms with E-state index in [0.29, 0.717) is 6.10 Å². The fourth-order valence-electron chi connectivity index (χ4n) is 0.795. The summed E-state index contributed by atoms with van der Waals surface area (Å²) >= 11 is 4.59. The Morgan fingerprint density at radius 3 is 2.31 bits per heavy atom. The van der Waals surface area contributed by atoms with Crippen LogP contribution in [0.3, 0.4) is 0 Å². The summed E-state index contributed by atoms with van der Waals surface area (Å²) in [7, 11) is 0. The predicted octanol–water partition coefficient (Wildman–Crippen LogP) is 0.806. The van der Waals surface area contributed by atoms with E-state index in [0.717, 1.165) is 26.0 Å². The molecule has 0 unspecified atom stereocenters. The van der Waals surface area contributed by atoms with Gasteiger partial charge in [0.25, 0.3) is 0 Å². The number of rotatable bonds is 7. The Hall–Kier alpha value is 1.33. The van der Waals surface area contributed by atoms with Crippen LogP contribution in [0.15, 0.2) is 0 Å². The van der Waals surface area contributed by atoms with Gasteiger partial charge in [0.2, 0.25) is 0 Å². The van der Waals surface area contributed by atoms with E-state index in [-0.39, 0.29) is 38.2 Å². The molecule has 0 atom stereocenters. The molecule has 79 valence electrons.